The summed E-state index contributed by atoms with van der Waals surface area (Å²) in [6.45, 7) is 4.60. The smallest absolute Gasteiger partial charge is 0.263 e. The van der Waals surface area contributed by atoms with E-state index in [4.69, 9.17) is 9.72 Å². The van der Waals surface area contributed by atoms with Crippen LogP contribution in [0.25, 0.3) is 10.2 Å². The van der Waals surface area contributed by atoms with Crippen molar-refractivity contribution in [3.63, 3.8) is 0 Å². The van der Waals surface area contributed by atoms with Gasteiger partial charge in [-0.15, -0.1) is 17.9 Å². The van der Waals surface area contributed by atoms with Crippen LogP contribution < -0.4 is 15.6 Å². The van der Waals surface area contributed by atoms with Gasteiger partial charge in [0.05, 0.1) is 18.2 Å². The van der Waals surface area contributed by atoms with Gasteiger partial charge in [0.15, 0.2) is 5.16 Å². The fraction of sp³-hybridized carbons (Fsp3) is 0.348. The number of allylic oxidation sites excluding steroid dienone is 1. The number of hydrogen-bond acceptors (Lipinski definition) is 6. The molecule has 0 saturated carbocycles. The van der Waals surface area contributed by atoms with Gasteiger partial charge in [-0.3, -0.25) is 14.2 Å². The van der Waals surface area contributed by atoms with Crippen LogP contribution in [-0.2, 0) is 30.7 Å². The second-order valence-electron chi connectivity index (χ2n) is 7.40. The maximum Gasteiger partial charge on any atom is 0.263 e. The molecule has 2 aromatic heterocycles. The summed E-state index contributed by atoms with van der Waals surface area (Å²) in [6, 6.07) is 7.57. The van der Waals surface area contributed by atoms with E-state index in [0.29, 0.717) is 18.2 Å². The van der Waals surface area contributed by atoms with E-state index in [1.165, 1.54) is 22.2 Å². The summed E-state index contributed by atoms with van der Waals surface area (Å²) in [7, 11) is 1.62. The van der Waals surface area contributed by atoms with Crippen LogP contribution in [0, 0.1) is 0 Å². The van der Waals surface area contributed by atoms with Crippen molar-refractivity contribution in [2.75, 3.05) is 12.9 Å². The summed E-state index contributed by atoms with van der Waals surface area (Å²) < 4.78 is 6.79. The molecular formula is C23H25N3O3S2. The maximum absolute atomic E-state index is 13.2. The Balaban J connectivity index is 1.49. The molecule has 6 nitrogen and oxygen atoms in total. The first-order valence-corrected chi connectivity index (χ1v) is 12.1. The molecule has 0 bridgehead atoms. The van der Waals surface area contributed by atoms with Crippen LogP contribution in [0.5, 0.6) is 5.75 Å². The Kier molecular flexibility index (Phi) is 6.77. The molecule has 1 amide bonds. The van der Waals surface area contributed by atoms with E-state index >= 15 is 0 Å². The number of amides is 1. The summed E-state index contributed by atoms with van der Waals surface area (Å²) in [5.41, 5.74) is 2.15. The molecule has 1 aliphatic carbocycles. The standard InChI is InChI=1S/C23H25N3O3S2/c1-3-12-26-22(28)20-17-6-4-5-7-18(17)31-21(20)25-23(26)30-14-19(27)24-13-15-8-10-16(29-2)11-9-15/h3,8-11H,1,4-7,12-14H2,2H3,(H,24,27). The number of carbonyl (C=O) groups is 1. The summed E-state index contributed by atoms with van der Waals surface area (Å²) in [5, 5.41) is 4.24. The van der Waals surface area contributed by atoms with Crippen molar-refractivity contribution in [2.24, 2.45) is 0 Å². The molecule has 0 radical (unpaired) electrons. The third-order valence-corrected chi connectivity index (χ3v) is 7.49. The Bertz CT molecular complexity index is 1170. The molecule has 31 heavy (non-hydrogen) atoms. The van der Waals surface area contributed by atoms with Gasteiger partial charge >= 0.3 is 0 Å². The second kappa shape index (κ2) is 9.70. The van der Waals surface area contributed by atoms with E-state index < -0.39 is 0 Å². The number of aryl methyl sites for hydroxylation is 2. The summed E-state index contributed by atoms with van der Waals surface area (Å²) in [6.07, 6.45) is 5.94. The molecule has 1 aliphatic rings. The molecular weight excluding hydrogens is 430 g/mol. The van der Waals surface area contributed by atoms with Gasteiger partial charge in [0.1, 0.15) is 10.6 Å². The quantitative estimate of drug-likeness (QED) is 0.316. The first kappa shape index (κ1) is 21.6. The van der Waals surface area contributed by atoms with Crippen molar-refractivity contribution in [3.05, 3.63) is 63.3 Å². The molecule has 1 aromatic carbocycles. The molecule has 0 spiro atoms. The average molecular weight is 456 g/mol. The van der Waals surface area contributed by atoms with Crippen molar-refractivity contribution in [3.8, 4) is 5.75 Å². The van der Waals surface area contributed by atoms with Crippen LogP contribution in [0.3, 0.4) is 0 Å². The van der Waals surface area contributed by atoms with Crippen molar-refractivity contribution < 1.29 is 9.53 Å². The lowest BCUT2D eigenvalue weighted by molar-refractivity contribution is -0.118. The van der Waals surface area contributed by atoms with Crippen LogP contribution in [0.4, 0.5) is 0 Å². The zero-order valence-electron chi connectivity index (χ0n) is 17.5. The van der Waals surface area contributed by atoms with Crippen LogP contribution in [-0.4, -0.2) is 28.3 Å². The van der Waals surface area contributed by atoms with Crippen LogP contribution >= 0.6 is 23.1 Å². The lowest BCUT2D eigenvalue weighted by Gasteiger charge is -2.12. The third kappa shape index (κ3) is 4.70. The van der Waals surface area contributed by atoms with Crippen LogP contribution in [0.15, 0.2) is 46.9 Å². The maximum atomic E-state index is 13.2. The summed E-state index contributed by atoms with van der Waals surface area (Å²) in [4.78, 5) is 32.5. The third-order valence-electron chi connectivity index (χ3n) is 5.33. The number of thiophene rings is 1. The van der Waals surface area contributed by atoms with Gasteiger partial charge in [0.25, 0.3) is 5.56 Å². The molecule has 0 atom stereocenters. The molecule has 0 fully saturated rings. The predicted octanol–water partition coefficient (Wildman–Crippen LogP) is 3.94. The number of thioether (sulfide) groups is 1. The number of ether oxygens (including phenoxy) is 1. The number of hydrogen-bond donors (Lipinski definition) is 1. The number of benzene rings is 1. The van der Waals surface area contributed by atoms with E-state index in [-0.39, 0.29) is 17.2 Å². The number of methoxy groups -OCH3 is 1. The minimum Gasteiger partial charge on any atom is -0.497 e. The topological polar surface area (TPSA) is 73.2 Å². The molecule has 3 aromatic rings. The average Bonchev–Trinajstić information content (AvgIpc) is 3.17. The van der Waals surface area contributed by atoms with E-state index in [1.54, 1.807) is 29.1 Å². The van der Waals surface area contributed by atoms with Crippen LogP contribution in [0.1, 0.15) is 28.8 Å². The fourth-order valence-corrected chi connectivity index (χ4v) is 5.89. The molecule has 0 aliphatic heterocycles. The zero-order chi connectivity index (χ0) is 21.8. The van der Waals surface area contributed by atoms with Crippen LogP contribution in [0.2, 0.25) is 0 Å². The zero-order valence-corrected chi connectivity index (χ0v) is 19.1. The highest BCUT2D eigenvalue weighted by molar-refractivity contribution is 7.99. The highest BCUT2D eigenvalue weighted by Gasteiger charge is 2.22. The van der Waals surface area contributed by atoms with Gasteiger partial charge in [-0.25, -0.2) is 4.98 Å². The first-order valence-electron chi connectivity index (χ1n) is 10.3. The molecule has 4 rings (SSSR count). The van der Waals surface area contributed by atoms with Crippen molar-refractivity contribution in [2.45, 2.75) is 43.9 Å². The Morgan fingerprint density at radius 3 is 2.84 bits per heavy atom. The predicted molar refractivity (Wildman–Crippen MR) is 126 cm³/mol. The minimum absolute atomic E-state index is 0.0227. The van der Waals surface area contributed by atoms with Crippen molar-refractivity contribution in [1.29, 1.82) is 0 Å². The van der Waals surface area contributed by atoms with Crippen molar-refractivity contribution >= 4 is 39.2 Å². The first-order chi connectivity index (χ1) is 15.1. The Morgan fingerprint density at radius 2 is 2.10 bits per heavy atom. The van der Waals surface area contributed by atoms with Gasteiger partial charge in [-0.1, -0.05) is 30.0 Å². The highest BCUT2D eigenvalue weighted by atomic mass is 32.2. The highest BCUT2D eigenvalue weighted by Crippen LogP contribution is 2.34. The number of carbonyl (C=O) groups excluding carboxylic acids is 1. The largest absolute Gasteiger partial charge is 0.497 e. The summed E-state index contributed by atoms with van der Waals surface area (Å²) >= 11 is 2.92. The Morgan fingerprint density at radius 1 is 1.32 bits per heavy atom. The molecule has 0 unspecified atom stereocenters. The van der Waals surface area contributed by atoms with E-state index in [9.17, 15) is 9.59 Å². The number of fused-ring (bicyclic) bond motifs is 3. The fourth-order valence-electron chi connectivity index (χ4n) is 3.75. The summed E-state index contributed by atoms with van der Waals surface area (Å²) in [5.74, 6) is 0.865. The lowest BCUT2D eigenvalue weighted by Crippen LogP contribution is -2.26. The van der Waals surface area contributed by atoms with Gasteiger partial charge < -0.3 is 10.1 Å². The van der Waals surface area contributed by atoms with Crippen molar-refractivity contribution in [1.82, 2.24) is 14.9 Å². The monoisotopic (exact) mass is 455 g/mol. The van der Waals surface area contributed by atoms with Gasteiger partial charge in [-0.05, 0) is 48.9 Å². The minimum atomic E-state index is -0.106. The van der Waals surface area contributed by atoms with E-state index in [0.717, 1.165) is 47.2 Å². The Hall–Kier alpha value is -2.58. The van der Waals surface area contributed by atoms with E-state index in [1.807, 2.05) is 24.3 Å². The molecule has 162 valence electrons. The normalized spacial score (nSPS) is 13.1. The number of nitrogens with zero attached hydrogens (tertiary/aromatic N) is 2. The number of aromatic nitrogens is 2. The van der Waals surface area contributed by atoms with Gasteiger partial charge in [0.2, 0.25) is 5.91 Å². The molecule has 8 heteroatoms. The Labute approximate surface area is 189 Å². The van der Waals surface area contributed by atoms with E-state index in [2.05, 4.69) is 11.9 Å². The number of nitrogens with one attached hydrogen (secondary N) is 1. The SMILES string of the molecule is C=CCn1c(SCC(=O)NCc2ccc(OC)cc2)nc2sc3c(c2c1=O)CCCC3. The number of rotatable bonds is 8. The lowest BCUT2D eigenvalue weighted by atomic mass is 9.97. The molecule has 2 heterocycles. The van der Waals surface area contributed by atoms with Gasteiger partial charge in [0, 0.05) is 18.0 Å². The van der Waals surface area contributed by atoms with Gasteiger partial charge in [-0.2, -0.15) is 0 Å². The molecule has 1 N–H and O–H groups in total. The second-order valence-corrected chi connectivity index (χ2v) is 9.43. The molecule has 0 saturated heterocycles.